The molecule has 0 saturated heterocycles. The normalized spacial score (nSPS) is 12.6. The molecule has 1 aliphatic rings. The van der Waals surface area contributed by atoms with E-state index < -0.39 is 0 Å². The monoisotopic (exact) mass is 185 g/mol. The Morgan fingerprint density at radius 1 is 1.57 bits per heavy atom. The van der Waals surface area contributed by atoms with Crippen molar-refractivity contribution in [3.63, 3.8) is 0 Å². The Morgan fingerprint density at radius 2 is 2.36 bits per heavy atom. The molecule has 0 saturated carbocycles. The van der Waals surface area contributed by atoms with E-state index >= 15 is 0 Å². The molecule has 2 heterocycles. The Kier molecular flexibility index (Phi) is 1.95. The van der Waals surface area contributed by atoms with E-state index in [1.165, 1.54) is 4.48 Å². The predicted octanol–water partition coefficient (Wildman–Crippen LogP) is -0.168. The number of aromatic nitrogens is 2. The third kappa shape index (κ3) is 1.24. The summed E-state index contributed by atoms with van der Waals surface area (Å²) in [6, 6.07) is 0. The summed E-state index contributed by atoms with van der Waals surface area (Å²) in [4.78, 5) is 19.9. The summed E-state index contributed by atoms with van der Waals surface area (Å²) in [7, 11) is 1.70. The zero-order chi connectivity index (χ0) is 10.1. The molecule has 0 bridgehead atoms. The van der Waals surface area contributed by atoms with E-state index in [-0.39, 0.29) is 5.56 Å². The molecule has 14 heavy (non-hydrogen) atoms. The van der Waals surface area contributed by atoms with E-state index in [2.05, 4.69) is 15.8 Å². The van der Waals surface area contributed by atoms with Gasteiger partial charge in [-0.3, -0.25) is 4.79 Å². The molecule has 2 rings (SSSR count). The topological polar surface area (TPSA) is 47.2 Å². The van der Waals surface area contributed by atoms with E-state index in [1.54, 1.807) is 33.1 Å². The van der Waals surface area contributed by atoms with Crippen LogP contribution < -0.4 is 5.56 Å². The lowest BCUT2D eigenvalue weighted by atomic mass is 10.2. The third-order valence-corrected chi connectivity index (χ3v) is 2.13. The van der Waals surface area contributed by atoms with E-state index in [1.807, 2.05) is 0 Å². The molecule has 0 aromatic carbocycles. The number of fused-ring (bicyclic) bond motifs is 1. The SMILES string of the molecule is Bn1c(C)nc2c(c1=O)C=CC=C=N2. The molecule has 68 valence electrons. The van der Waals surface area contributed by atoms with Crippen LogP contribution in [0.4, 0.5) is 5.82 Å². The lowest BCUT2D eigenvalue weighted by molar-refractivity contribution is 0.947. The fourth-order valence-electron chi connectivity index (χ4n) is 1.23. The second kappa shape index (κ2) is 3.12. The van der Waals surface area contributed by atoms with Crippen LogP contribution in [0.5, 0.6) is 0 Å². The zero-order valence-electron chi connectivity index (χ0n) is 7.98. The summed E-state index contributed by atoms with van der Waals surface area (Å²) in [5.41, 5.74) is 0.434. The summed E-state index contributed by atoms with van der Waals surface area (Å²) in [5.74, 6) is 3.77. The Hall–Kier alpha value is -1.87. The first kappa shape index (κ1) is 8.72. The van der Waals surface area contributed by atoms with Crippen molar-refractivity contribution in [1.82, 2.24) is 9.46 Å². The van der Waals surface area contributed by atoms with Gasteiger partial charge in [-0.1, -0.05) is 6.08 Å². The van der Waals surface area contributed by atoms with Crippen molar-refractivity contribution >= 4 is 25.7 Å². The van der Waals surface area contributed by atoms with Gasteiger partial charge in [-0.15, -0.1) is 0 Å². The van der Waals surface area contributed by atoms with Gasteiger partial charge in [-0.05, 0) is 24.9 Å². The van der Waals surface area contributed by atoms with Crippen molar-refractivity contribution in [3.05, 3.63) is 33.9 Å². The van der Waals surface area contributed by atoms with Gasteiger partial charge in [0.1, 0.15) is 0 Å². The van der Waals surface area contributed by atoms with Gasteiger partial charge in [0, 0.05) is 0 Å². The van der Waals surface area contributed by atoms with E-state index in [0.717, 1.165) is 0 Å². The van der Waals surface area contributed by atoms with Crippen LogP contribution in [0.25, 0.3) is 6.08 Å². The standard InChI is InChI=1S/C9H8BN3O/c1-6-12-8-7(9(14)13(6)10)4-2-3-5-11-8/h2-4H,10H2,1H3. The molecule has 5 heteroatoms. The van der Waals surface area contributed by atoms with Gasteiger partial charge in [0.2, 0.25) is 13.5 Å². The van der Waals surface area contributed by atoms with Crippen LogP contribution in [-0.2, 0) is 0 Å². The number of aryl methyl sites for hydroxylation is 1. The maximum atomic E-state index is 11.8. The molecular weight excluding hydrogens is 177 g/mol. The molecule has 0 amide bonds. The maximum absolute atomic E-state index is 11.8. The molecule has 0 N–H and O–H groups in total. The fraction of sp³-hybridized carbons (Fsp3) is 0.111. The van der Waals surface area contributed by atoms with Gasteiger partial charge >= 0.3 is 0 Å². The molecule has 0 aliphatic carbocycles. The smallest absolute Gasteiger partial charge is 0.250 e. The van der Waals surface area contributed by atoms with Gasteiger partial charge in [0.15, 0.2) is 5.82 Å². The molecule has 0 atom stereocenters. The summed E-state index contributed by atoms with van der Waals surface area (Å²) >= 11 is 0. The van der Waals surface area contributed by atoms with Gasteiger partial charge in [-0.2, -0.15) is 4.99 Å². The summed E-state index contributed by atoms with van der Waals surface area (Å²) in [5, 5.41) is 0. The molecule has 0 unspecified atom stereocenters. The largest absolute Gasteiger partial charge is 0.350 e. The van der Waals surface area contributed by atoms with Crippen LogP contribution in [0.2, 0.25) is 0 Å². The minimum Gasteiger partial charge on any atom is -0.350 e. The summed E-state index contributed by atoms with van der Waals surface area (Å²) < 4.78 is 1.50. The van der Waals surface area contributed by atoms with Crippen LogP contribution in [-0.4, -0.2) is 23.3 Å². The zero-order valence-corrected chi connectivity index (χ0v) is 7.98. The molecule has 1 aromatic rings. The Morgan fingerprint density at radius 3 is 3.14 bits per heavy atom. The van der Waals surface area contributed by atoms with Crippen LogP contribution in [0.1, 0.15) is 11.4 Å². The maximum Gasteiger partial charge on any atom is 0.250 e. The van der Waals surface area contributed by atoms with Gasteiger partial charge in [-0.25, -0.2) is 4.98 Å². The first-order valence-electron chi connectivity index (χ1n) is 4.24. The van der Waals surface area contributed by atoms with E-state index in [4.69, 9.17) is 0 Å². The van der Waals surface area contributed by atoms with Crippen LogP contribution in [0.3, 0.4) is 0 Å². The van der Waals surface area contributed by atoms with Crippen molar-refractivity contribution in [1.29, 1.82) is 0 Å². The molecule has 0 radical (unpaired) electrons. The summed E-state index contributed by atoms with van der Waals surface area (Å²) in [6.07, 6.45) is 5.08. The summed E-state index contributed by atoms with van der Waals surface area (Å²) in [6.45, 7) is 1.77. The van der Waals surface area contributed by atoms with Crippen molar-refractivity contribution < 1.29 is 0 Å². The molecular formula is C9H8BN3O. The number of aliphatic imine (C=N–C) groups is 1. The van der Waals surface area contributed by atoms with Crippen molar-refractivity contribution in [3.8, 4) is 0 Å². The number of allylic oxidation sites excluding steroid dienone is 2. The molecule has 1 aromatic heterocycles. The Labute approximate surface area is 81.8 Å². The molecule has 4 nitrogen and oxygen atoms in total. The lowest BCUT2D eigenvalue weighted by Gasteiger charge is -2.05. The van der Waals surface area contributed by atoms with Gasteiger partial charge in [0.05, 0.1) is 11.4 Å². The van der Waals surface area contributed by atoms with E-state index in [0.29, 0.717) is 17.2 Å². The second-order valence-electron chi connectivity index (χ2n) is 3.03. The second-order valence-corrected chi connectivity index (χ2v) is 3.03. The van der Waals surface area contributed by atoms with Crippen LogP contribution >= 0.6 is 0 Å². The van der Waals surface area contributed by atoms with Crippen molar-refractivity contribution in [2.75, 3.05) is 0 Å². The highest BCUT2D eigenvalue weighted by Gasteiger charge is 2.09. The number of nitrogens with zero attached hydrogens (tertiary/aromatic N) is 3. The quantitative estimate of drug-likeness (QED) is 0.527. The minimum atomic E-state index is -0.0791. The third-order valence-electron chi connectivity index (χ3n) is 2.13. The lowest BCUT2D eigenvalue weighted by Crippen LogP contribution is -2.24. The highest BCUT2D eigenvalue weighted by atomic mass is 16.1. The molecule has 1 aliphatic heterocycles. The van der Waals surface area contributed by atoms with E-state index in [9.17, 15) is 4.79 Å². The molecule has 0 fully saturated rings. The Bertz CT molecular complexity index is 536. The van der Waals surface area contributed by atoms with Crippen LogP contribution in [0, 0.1) is 6.92 Å². The van der Waals surface area contributed by atoms with Gasteiger partial charge < -0.3 is 4.48 Å². The first-order valence-corrected chi connectivity index (χ1v) is 4.24. The Balaban J connectivity index is 2.86. The highest BCUT2D eigenvalue weighted by molar-refractivity contribution is 6.06. The number of rotatable bonds is 0. The van der Waals surface area contributed by atoms with Crippen molar-refractivity contribution in [2.24, 2.45) is 4.99 Å². The highest BCUT2D eigenvalue weighted by Crippen LogP contribution is 2.14. The number of hydrogen-bond acceptors (Lipinski definition) is 3. The molecule has 0 spiro atoms. The average Bonchev–Trinajstić information content (AvgIpc) is 2.39. The van der Waals surface area contributed by atoms with Gasteiger partial charge in [0.25, 0.3) is 0 Å². The van der Waals surface area contributed by atoms with Crippen LogP contribution in [0.15, 0.2) is 21.9 Å². The predicted molar refractivity (Wildman–Crippen MR) is 57.9 cm³/mol. The number of hydrogen-bond donors (Lipinski definition) is 0. The fourth-order valence-corrected chi connectivity index (χ4v) is 1.23. The first-order chi connectivity index (χ1) is 6.70. The minimum absolute atomic E-state index is 0.0791. The average molecular weight is 185 g/mol. The van der Waals surface area contributed by atoms with Crippen molar-refractivity contribution in [2.45, 2.75) is 6.92 Å².